The summed E-state index contributed by atoms with van der Waals surface area (Å²) in [5.41, 5.74) is 1.24. The van der Waals surface area contributed by atoms with Crippen LogP contribution in [-0.2, 0) is 4.74 Å². The first-order valence-corrected chi connectivity index (χ1v) is 11.8. The van der Waals surface area contributed by atoms with Gasteiger partial charge in [0.1, 0.15) is 17.0 Å². The number of carbonyl (C=O) groups excluding carboxylic acids is 2. The van der Waals surface area contributed by atoms with Gasteiger partial charge < -0.3 is 29.2 Å². The molecule has 3 rings (SSSR count). The van der Waals surface area contributed by atoms with Crippen LogP contribution in [0.3, 0.4) is 0 Å². The molecule has 2 heterocycles. The SMILES string of the molecule is COc1ccc(C(CNC(=O)c2cccn2C2CCN(C(=O)OC(C)(C)C)CC2)N(C)C)cc1. The van der Waals surface area contributed by atoms with Gasteiger partial charge in [0.25, 0.3) is 5.91 Å². The molecule has 2 aromatic rings. The van der Waals surface area contributed by atoms with Gasteiger partial charge in [0.15, 0.2) is 0 Å². The number of aromatic nitrogens is 1. The van der Waals surface area contributed by atoms with Gasteiger partial charge in [-0.25, -0.2) is 4.79 Å². The van der Waals surface area contributed by atoms with Crippen molar-refractivity contribution in [1.29, 1.82) is 0 Å². The van der Waals surface area contributed by atoms with Crippen LogP contribution in [-0.4, -0.2) is 72.8 Å². The second-order valence-electron chi connectivity index (χ2n) is 9.96. The third-order valence-electron chi connectivity index (χ3n) is 6.10. The second-order valence-corrected chi connectivity index (χ2v) is 9.96. The van der Waals surface area contributed by atoms with E-state index in [2.05, 4.69) is 10.2 Å². The lowest BCUT2D eigenvalue weighted by Crippen LogP contribution is -2.42. The molecule has 1 aliphatic heterocycles. The number of methoxy groups -OCH3 is 1. The van der Waals surface area contributed by atoms with Crippen molar-refractivity contribution in [2.45, 2.75) is 51.3 Å². The standard InChI is InChI=1S/C26H38N4O4/c1-26(2,3)34-25(32)29-16-13-20(14-17-29)30-15-7-8-22(30)24(31)27-18-23(28(4)5)19-9-11-21(33-6)12-10-19/h7-12,15,20,23H,13-14,16-18H2,1-6H3,(H,27,31). The molecule has 1 saturated heterocycles. The molecule has 1 N–H and O–H groups in total. The van der Waals surface area contributed by atoms with E-state index >= 15 is 0 Å². The van der Waals surface area contributed by atoms with E-state index in [0.29, 0.717) is 25.3 Å². The molecule has 1 aromatic heterocycles. The highest BCUT2D eigenvalue weighted by atomic mass is 16.6. The van der Waals surface area contributed by atoms with Crippen LogP contribution in [0.25, 0.3) is 0 Å². The van der Waals surface area contributed by atoms with Gasteiger partial charge in [-0.15, -0.1) is 0 Å². The van der Waals surface area contributed by atoms with E-state index in [1.165, 1.54) is 0 Å². The maximum Gasteiger partial charge on any atom is 0.410 e. The molecule has 0 aliphatic carbocycles. The Morgan fingerprint density at radius 3 is 2.32 bits per heavy atom. The molecule has 1 atom stereocenters. The molecule has 0 spiro atoms. The molecule has 0 bridgehead atoms. The number of rotatable bonds is 7. The monoisotopic (exact) mass is 470 g/mol. The lowest BCUT2D eigenvalue weighted by molar-refractivity contribution is 0.0187. The molecule has 8 nitrogen and oxygen atoms in total. The minimum atomic E-state index is -0.504. The lowest BCUT2D eigenvalue weighted by Gasteiger charge is -2.34. The Morgan fingerprint density at radius 1 is 1.12 bits per heavy atom. The molecule has 1 aromatic carbocycles. The number of piperidine rings is 1. The largest absolute Gasteiger partial charge is 0.497 e. The number of benzene rings is 1. The van der Waals surface area contributed by atoms with Crippen molar-refractivity contribution >= 4 is 12.0 Å². The van der Waals surface area contributed by atoms with Crippen molar-refractivity contribution in [1.82, 2.24) is 19.7 Å². The van der Waals surface area contributed by atoms with Crippen molar-refractivity contribution in [2.75, 3.05) is 40.8 Å². The van der Waals surface area contributed by atoms with Crippen LogP contribution in [0, 0.1) is 0 Å². The van der Waals surface area contributed by atoms with E-state index in [1.54, 1.807) is 12.0 Å². The predicted octanol–water partition coefficient (Wildman–Crippen LogP) is 4.10. The summed E-state index contributed by atoms with van der Waals surface area (Å²) in [5, 5.41) is 3.11. The van der Waals surface area contributed by atoms with Crippen LogP contribution in [0.2, 0.25) is 0 Å². The second kappa shape index (κ2) is 11.0. The van der Waals surface area contributed by atoms with Crippen LogP contribution in [0.1, 0.15) is 61.7 Å². The van der Waals surface area contributed by atoms with E-state index < -0.39 is 5.60 Å². The van der Waals surface area contributed by atoms with Gasteiger partial charge in [0.2, 0.25) is 0 Å². The number of nitrogens with zero attached hydrogens (tertiary/aromatic N) is 3. The van der Waals surface area contributed by atoms with Gasteiger partial charge >= 0.3 is 6.09 Å². The average Bonchev–Trinajstić information content (AvgIpc) is 3.28. The lowest BCUT2D eigenvalue weighted by atomic mass is 10.0. The summed E-state index contributed by atoms with van der Waals surface area (Å²) in [4.78, 5) is 29.3. The molecule has 186 valence electrons. The quantitative estimate of drug-likeness (QED) is 0.659. The first-order valence-electron chi connectivity index (χ1n) is 11.8. The molecular weight excluding hydrogens is 432 g/mol. The predicted molar refractivity (Wildman–Crippen MR) is 132 cm³/mol. The van der Waals surface area contributed by atoms with Gasteiger partial charge in [-0.2, -0.15) is 0 Å². The first kappa shape index (κ1) is 25.6. The maximum atomic E-state index is 13.1. The van der Waals surface area contributed by atoms with Gasteiger partial charge in [0, 0.05) is 31.9 Å². The van der Waals surface area contributed by atoms with E-state index in [0.717, 1.165) is 24.2 Å². The maximum absolute atomic E-state index is 13.1. The molecule has 8 heteroatoms. The van der Waals surface area contributed by atoms with Gasteiger partial charge in [-0.3, -0.25) is 4.79 Å². The Balaban J connectivity index is 1.60. The van der Waals surface area contributed by atoms with Gasteiger partial charge in [0.05, 0.1) is 13.2 Å². The van der Waals surface area contributed by atoms with E-state index in [1.807, 2.05) is 82.0 Å². The molecule has 0 saturated carbocycles. The zero-order valence-corrected chi connectivity index (χ0v) is 21.2. The van der Waals surface area contributed by atoms with Crippen molar-refractivity contribution in [3.63, 3.8) is 0 Å². The Kier molecular flexibility index (Phi) is 8.25. The van der Waals surface area contributed by atoms with Crippen molar-refractivity contribution in [3.8, 4) is 5.75 Å². The summed E-state index contributed by atoms with van der Waals surface area (Å²) in [6, 6.07) is 11.9. The number of hydrogen-bond acceptors (Lipinski definition) is 5. The highest BCUT2D eigenvalue weighted by Gasteiger charge is 2.29. The summed E-state index contributed by atoms with van der Waals surface area (Å²) in [6.45, 7) is 7.33. The molecule has 1 unspecified atom stereocenters. The minimum absolute atomic E-state index is 0.0373. The molecule has 2 amide bonds. The smallest absolute Gasteiger partial charge is 0.410 e. The Labute approximate surface area is 202 Å². The summed E-state index contributed by atoms with van der Waals surface area (Å²) in [7, 11) is 5.65. The fourth-order valence-electron chi connectivity index (χ4n) is 4.26. The number of likely N-dealkylation sites (N-methyl/N-ethyl adjacent to an activating group) is 1. The number of amides is 2. The van der Waals surface area contributed by atoms with Crippen LogP contribution in [0.5, 0.6) is 5.75 Å². The fourth-order valence-corrected chi connectivity index (χ4v) is 4.26. The summed E-state index contributed by atoms with van der Waals surface area (Å²) in [5.74, 6) is 0.709. The summed E-state index contributed by atoms with van der Waals surface area (Å²) < 4.78 is 12.8. The Morgan fingerprint density at radius 2 is 1.76 bits per heavy atom. The number of hydrogen-bond donors (Lipinski definition) is 1. The topological polar surface area (TPSA) is 76.0 Å². The molecule has 1 aliphatic rings. The van der Waals surface area contributed by atoms with Crippen molar-refractivity contribution in [2.24, 2.45) is 0 Å². The summed E-state index contributed by atoms with van der Waals surface area (Å²) >= 11 is 0. The molecular formula is C26H38N4O4. The van der Waals surface area contributed by atoms with Gasteiger partial charge in [-0.1, -0.05) is 12.1 Å². The summed E-state index contributed by atoms with van der Waals surface area (Å²) in [6.07, 6.45) is 3.24. The highest BCUT2D eigenvalue weighted by Crippen LogP contribution is 2.26. The van der Waals surface area contributed by atoms with Gasteiger partial charge in [-0.05, 0) is 77.5 Å². The zero-order valence-electron chi connectivity index (χ0n) is 21.2. The van der Waals surface area contributed by atoms with Crippen LogP contribution >= 0.6 is 0 Å². The fraction of sp³-hybridized carbons (Fsp3) is 0.538. The average molecular weight is 471 g/mol. The number of likely N-dealkylation sites (tertiary alicyclic amines) is 1. The normalized spacial score (nSPS) is 15.8. The third-order valence-corrected chi connectivity index (χ3v) is 6.10. The van der Waals surface area contributed by atoms with E-state index in [4.69, 9.17) is 9.47 Å². The Bertz CT molecular complexity index is 954. The molecule has 34 heavy (non-hydrogen) atoms. The molecule has 0 radical (unpaired) electrons. The van der Waals surface area contributed by atoms with E-state index in [9.17, 15) is 9.59 Å². The van der Waals surface area contributed by atoms with Crippen LogP contribution in [0.15, 0.2) is 42.6 Å². The van der Waals surface area contributed by atoms with Crippen molar-refractivity contribution in [3.05, 3.63) is 53.9 Å². The number of ether oxygens (including phenoxy) is 2. The zero-order chi connectivity index (χ0) is 24.9. The van der Waals surface area contributed by atoms with Crippen LogP contribution < -0.4 is 10.1 Å². The number of carbonyl (C=O) groups is 2. The minimum Gasteiger partial charge on any atom is -0.497 e. The van der Waals surface area contributed by atoms with Crippen molar-refractivity contribution < 1.29 is 19.1 Å². The molecule has 1 fully saturated rings. The third kappa shape index (κ3) is 6.53. The Hall–Kier alpha value is -3.00. The van der Waals surface area contributed by atoms with Crippen LogP contribution in [0.4, 0.5) is 4.79 Å². The van der Waals surface area contributed by atoms with E-state index in [-0.39, 0.29) is 24.1 Å². The number of nitrogens with one attached hydrogen (secondary N) is 1. The first-order chi connectivity index (χ1) is 16.1. The highest BCUT2D eigenvalue weighted by molar-refractivity contribution is 5.92.